The first-order chi connectivity index (χ1) is 9.65. The van der Waals surface area contributed by atoms with Gasteiger partial charge in [0.15, 0.2) is 0 Å². The van der Waals surface area contributed by atoms with Crippen LogP contribution in [0.25, 0.3) is 0 Å². The first-order valence-electron chi connectivity index (χ1n) is 7.21. The maximum absolute atomic E-state index is 5.28. The summed E-state index contributed by atoms with van der Waals surface area (Å²) >= 11 is 3.55. The maximum atomic E-state index is 5.28. The first-order valence-corrected chi connectivity index (χ1v) is 8.00. The smallest absolute Gasteiger partial charge is 0.133 e. The molecule has 0 aliphatic heterocycles. The summed E-state index contributed by atoms with van der Waals surface area (Å²) in [5, 5.41) is 0. The third-order valence-corrected chi connectivity index (χ3v) is 4.26. The lowest BCUT2D eigenvalue weighted by atomic mass is 10.1. The Bertz CT molecular complexity index is 394. The predicted octanol–water partition coefficient (Wildman–Crippen LogP) is 4.09. The average Bonchev–Trinajstić information content (AvgIpc) is 2.46. The Morgan fingerprint density at radius 3 is 2.40 bits per heavy atom. The Labute approximate surface area is 131 Å². The molecule has 0 unspecified atom stereocenters. The number of hydrogen-bond donors (Lipinski definition) is 0. The molecule has 0 saturated carbocycles. The van der Waals surface area contributed by atoms with Crippen LogP contribution in [0.5, 0.6) is 5.75 Å². The third kappa shape index (κ3) is 5.08. The number of hydrogen-bond acceptors (Lipinski definition) is 3. The Morgan fingerprint density at radius 2 is 1.90 bits per heavy atom. The lowest BCUT2D eigenvalue weighted by molar-refractivity contribution is 0.110. The minimum atomic E-state index is 0.603. The SMILES string of the molecule is CCC(CC)N(CCOC)Cc1ccc(OC)c(Br)c1. The van der Waals surface area contributed by atoms with Gasteiger partial charge >= 0.3 is 0 Å². The zero-order valence-corrected chi connectivity index (χ0v) is 14.6. The van der Waals surface area contributed by atoms with E-state index in [1.54, 1.807) is 14.2 Å². The Balaban J connectivity index is 2.79. The van der Waals surface area contributed by atoms with E-state index < -0.39 is 0 Å². The number of ether oxygens (including phenoxy) is 2. The van der Waals surface area contributed by atoms with Gasteiger partial charge in [0.2, 0.25) is 0 Å². The zero-order chi connectivity index (χ0) is 15.0. The molecule has 0 atom stereocenters. The van der Waals surface area contributed by atoms with Crippen molar-refractivity contribution in [1.82, 2.24) is 4.90 Å². The molecule has 0 spiro atoms. The fourth-order valence-corrected chi connectivity index (χ4v) is 3.04. The second-order valence-electron chi connectivity index (χ2n) is 4.90. The molecule has 3 nitrogen and oxygen atoms in total. The molecule has 0 amide bonds. The van der Waals surface area contributed by atoms with Gasteiger partial charge < -0.3 is 9.47 Å². The summed E-state index contributed by atoms with van der Waals surface area (Å²) in [7, 11) is 3.45. The molecule has 1 aromatic carbocycles. The van der Waals surface area contributed by atoms with Crippen LogP contribution in [-0.2, 0) is 11.3 Å². The van der Waals surface area contributed by atoms with Crippen LogP contribution >= 0.6 is 15.9 Å². The topological polar surface area (TPSA) is 21.7 Å². The summed E-state index contributed by atoms with van der Waals surface area (Å²) < 4.78 is 11.5. The van der Waals surface area contributed by atoms with Gasteiger partial charge in [-0.3, -0.25) is 4.90 Å². The summed E-state index contributed by atoms with van der Waals surface area (Å²) in [6.07, 6.45) is 2.33. The van der Waals surface area contributed by atoms with Crippen LogP contribution in [0.4, 0.5) is 0 Å². The van der Waals surface area contributed by atoms with Gasteiger partial charge in [-0.15, -0.1) is 0 Å². The predicted molar refractivity (Wildman–Crippen MR) is 87.4 cm³/mol. The van der Waals surface area contributed by atoms with Gasteiger partial charge in [-0.2, -0.15) is 0 Å². The van der Waals surface area contributed by atoms with Crippen molar-refractivity contribution in [2.24, 2.45) is 0 Å². The fraction of sp³-hybridized carbons (Fsp3) is 0.625. The quantitative estimate of drug-likeness (QED) is 0.673. The van der Waals surface area contributed by atoms with Crippen LogP contribution in [0.2, 0.25) is 0 Å². The summed E-state index contributed by atoms with van der Waals surface area (Å²) in [5.41, 5.74) is 1.29. The molecule has 0 aliphatic rings. The van der Waals surface area contributed by atoms with E-state index in [1.165, 1.54) is 5.56 Å². The molecule has 0 aromatic heterocycles. The van der Waals surface area contributed by atoms with Crippen LogP contribution in [-0.4, -0.2) is 38.3 Å². The standard InChI is InChI=1S/C16H26BrNO2/c1-5-14(6-2)18(9-10-19-3)12-13-7-8-16(20-4)15(17)11-13/h7-8,11,14H,5-6,9-10,12H2,1-4H3. The van der Waals surface area contributed by atoms with Crippen molar-refractivity contribution in [3.63, 3.8) is 0 Å². The second kappa shape index (κ2) is 9.37. The van der Waals surface area contributed by atoms with E-state index in [0.717, 1.165) is 42.8 Å². The molecule has 0 heterocycles. The second-order valence-corrected chi connectivity index (χ2v) is 5.76. The molecule has 20 heavy (non-hydrogen) atoms. The lowest BCUT2D eigenvalue weighted by Crippen LogP contribution is -2.36. The van der Waals surface area contributed by atoms with Crippen molar-refractivity contribution in [3.05, 3.63) is 28.2 Å². The monoisotopic (exact) mass is 343 g/mol. The van der Waals surface area contributed by atoms with E-state index in [2.05, 4.69) is 46.8 Å². The lowest BCUT2D eigenvalue weighted by Gasteiger charge is -2.30. The van der Waals surface area contributed by atoms with Gasteiger partial charge in [-0.05, 0) is 46.5 Å². The number of halogens is 1. The number of nitrogens with zero attached hydrogens (tertiary/aromatic N) is 1. The van der Waals surface area contributed by atoms with Crippen LogP contribution < -0.4 is 4.74 Å². The normalized spacial score (nSPS) is 11.3. The largest absolute Gasteiger partial charge is 0.496 e. The molecule has 0 fully saturated rings. The molecule has 1 aromatic rings. The van der Waals surface area contributed by atoms with Gasteiger partial charge in [-0.25, -0.2) is 0 Å². The molecule has 1 rings (SSSR count). The third-order valence-electron chi connectivity index (χ3n) is 3.64. The maximum Gasteiger partial charge on any atom is 0.133 e. The minimum Gasteiger partial charge on any atom is -0.496 e. The van der Waals surface area contributed by atoms with E-state index in [-0.39, 0.29) is 0 Å². The minimum absolute atomic E-state index is 0.603. The van der Waals surface area contributed by atoms with Crippen molar-refractivity contribution < 1.29 is 9.47 Å². The van der Waals surface area contributed by atoms with Gasteiger partial charge in [0, 0.05) is 26.2 Å². The van der Waals surface area contributed by atoms with E-state index in [9.17, 15) is 0 Å². The highest BCUT2D eigenvalue weighted by Gasteiger charge is 2.15. The fourth-order valence-electron chi connectivity index (χ4n) is 2.45. The molecule has 0 N–H and O–H groups in total. The van der Waals surface area contributed by atoms with Crippen molar-refractivity contribution in [1.29, 1.82) is 0 Å². The van der Waals surface area contributed by atoms with Gasteiger partial charge in [-0.1, -0.05) is 19.9 Å². The highest BCUT2D eigenvalue weighted by molar-refractivity contribution is 9.10. The number of rotatable bonds is 9. The molecule has 0 aliphatic carbocycles. The Morgan fingerprint density at radius 1 is 1.20 bits per heavy atom. The van der Waals surface area contributed by atoms with Gasteiger partial charge in [0.1, 0.15) is 5.75 Å². The molecule has 0 bridgehead atoms. The van der Waals surface area contributed by atoms with E-state index >= 15 is 0 Å². The van der Waals surface area contributed by atoms with Crippen molar-refractivity contribution >= 4 is 15.9 Å². The van der Waals surface area contributed by atoms with Gasteiger partial charge in [0.05, 0.1) is 18.2 Å². The average molecular weight is 344 g/mol. The van der Waals surface area contributed by atoms with E-state index in [0.29, 0.717) is 6.04 Å². The summed E-state index contributed by atoms with van der Waals surface area (Å²) in [6.45, 7) is 7.18. The molecular formula is C16H26BrNO2. The van der Waals surface area contributed by atoms with Crippen LogP contribution in [0.15, 0.2) is 22.7 Å². The highest BCUT2D eigenvalue weighted by Crippen LogP contribution is 2.26. The van der Waals surface area contributed by atoms with E-state index in [1.807, 2.05) is 6.07 Å². The summed E-state index contributed by atoms with van der Waals surface area (Å²) in [4.78, 5) is 2.50. The number of methoxy groups -OCH3 is 2. The summed E-state index contributed by atoms with van der Waals surface area (Å²) in [5.74, 6) is 0.875. The van der Waals surface area contributed by atoms with Crippen LogP contribution in [0, 0.1) is 0 Å². The van der Waals surface area contributed by atoms with Gasteiger partial charge in [0.25, 0.3) is 0 Å². The molecular weight excluding hydrogens is 318 g/mol. The van der Waals surface area contributed by atoms with Crippen molar-refractivity contribution in [2.75, 3.05) is 27.4 Å². The molecule has 114 valence electrons. The van der Waals surface area contributed by atoms with E-state index in [4.69, 9.17) is 9.47 Å². The van der Waals surface area contributed by atoms with Crippen molar-refractivity contribution in [2.45, 2.75) is 39.3 Å². The molecule has 4 heteroatoms. The summed E-state index contributed by atoms with van der Waals surface area (Å²) in [6, 6.07) is 6.89. The Hall–Kier alpha value is -0.580. The van der Waals surface area contributed by atoms with Crippen LogP contribution in [0.3, 0.4) is 0 Å². The Kier molecular flexibility index (Phi) is 8.19. The number of benzene rings is 1. The highest BCUT2D eigenvalue weighted by atomic mass is 79.9. The molecule has 0 saturated heterocycles. The molecule has 0 radical (unpaired) electrons. The van der Waals surface area contributed by atoms with Crippen LogP contribution in [0.1, 0.15) is 32.3 Å². The van der Waals surface area contributed by atoms with Crippen molar-refractivity contribution in [3.8, 4) is 5.75 Å². The zero-order valence-electron chi connectivity index (χ0n) is 13.0. The first kappa shape index (κ1) is 17.5.